The Bertz CT molecular complexity index is 409. The average Bonchev–Trinajstić information content (AvgIpc) is 2.49. The molecule has 0 radical (unpaired) electrons. The van der Waals surface area contributed by atoms with Crippen LogP contribution in [0.5, 0.6) is 0 Å². The molecular weight excluding hydrogens is 248 g/mol. The number of likely N-dealkylation sites (tertiary alicyclic amines) is 1. The van der Waals surface area contributed by atoms with Gasteiger partial charge in [-0.3, -0.25) is 0 Å². The zero-order valence-electron chi connectivity index (χ0n) is 12.8. The fourth-order valence-electron chi connectivity index (χ4n) is 3.01. The fraction of sp³-hybridized carbons (Fsp3) is 0.647. The van der Waals surface area contributed by atoms with Crippen LogP contribution < -0.4 is 5.73 Å². The zero-order chi connectivity index (χ0) is 14.6. The van der Waals surface area contributed by atoms with E-state index in [2.05, 4.69) is 18.7 Å². The summed E-state index contributed by atoms with van der Waals surface area (Å²) in [5.41, 5.74) is 5.87. The van der Waals surface area contributed by atoms with E-state index >= 15 is 0 Å². The lowest BCUT2D eigenvalue weighted by Crippen LogP contribution is -2.43. The maximum absolute atomic E-state index is 10.8. The number of nitrogens with two attached hydrogens (primary N) is 1. The summed E-state index contributed by atoms with van der Waals surface area (Å²) in [7, 11) is 0. The highest BCUT2D eigenvalue weighted by molar-refractivity contribution is 5.22. The lowest BCUT2D eigenvalue weighted by molar-refractivity contribution is 0.0183. The monoisotopic (exact) mass is 276 g/mol. The molecule has 112 valence electrons. The standard InChI is InChI=1S/C17H28N2O/c1-14-8-10-19(12-15(14)2)11-9-17(20,13-18)16-6-4-3-5-7-16/h3-7,14-15,20H,8-13,18H2,1-2H3. The predicted molar refractivity (Wildman–Crippen MR) is 83.4 cm³/mol. The molecule has 3 nitrogen and oxygen atoms in total. The SMILES string of the molecule is CC1CCN(CCC(O)(CN)c2ccccc2)CC1C. The van der Waals surface area contributed by atoms with Gasteiger partial charge in [-0.25, -0.2) is 0 Å². The van der Waals surface area contributed by atoms with Gasteiger partial charge in [0.05, 0.1) is 0 Å². The smallest absolute Gasteiger partial charge is 0.103 e. The molecule has 0 spiro atoms. The van der Waals surface area contributed by atoms with E-state index < -0.39 is 5.60 Å². The topological polar surface area (TPSA) is 49.5 Å². The van der Waals surface area contributed by atoms with Crippen molar-refractivity contribution in [2.45, 2.75) is 32.3 Å². The molecule has 1 heterocycles. The molecule has 3 N–H and O–H groups in total. The van der Waals surface area contributed by atoms with Gasteiger partial charge in [0.25, 0.3) is 0 Å². The minimum atomic E-state index is -0.895. The number of nitrogens with zero attached hydrogens (tertiary/aromatic N) is 1. The number of hydrogen-bond donors (Lipinski definition) is 2. The summed E-state index contributed by atoms with van der Waals surface area (Å²) >= 11 is 0. The van der Waals surface area contributed by atoms with Gasteiger partial charge in [-0.1, -0.05) is 44.2 Å². The van der Waals surface area contributed by atoms with E-state index in [1.54, 1.807) is 0 Å². The summed E-state index contributed by atoms with van der Waals surface area (Å²) in [6.07, 6.45) is 1.96. The van der Waals surface area contributed by atoms with E-state index in [4.69, 9.17) is 5.73 Å². The van der Waals surface area contributed by atoms with E-state index in [-0.39, 0.29) is 6.54 Å². The van der Waals surface area contributed by atoms with Crippen LogP contribution in [-0.4, -0.2) is 36.2 Å². The van der Waals surface area contributed by atoms with Crippen molar-refractivity contribution in [1.29, 1.82) is 0 Å². The largest absolute Gasteiger partial charge is 0.384 e. The summed E-state index contributed by atoms with van der Waals surface area (Å²) in [6.45, 7) is 8.12. The van der Waals surface area contributed by atoms with Gasteiger partial charge in [0.2, 0.25) is 0 Å². The normalized spacial score (nSPS) is 27.2. The lowest BCUT2D eigenvalue weighted by atomic mass is 9.87. The quantitative estimate of drug-likeness (QED) is 0.867. The van der Waals surface area contributed by atoms with Gasteiger partial charge < -0.3 is 15.7 Å². The van der Waals surface area contributed by atoms with Crippen LogP contribution in [0.1, 0.15) is 32.3 Å². The molecule has 0 bridgehead atoms. The summed E-state index contributed by atoms with van der Waals surface area (Å²) in [5.74, 6) is 1.56. The molecular formula is C17H28N2O. The Morgan fingerprint density at radius 1 is 1.25 bits per heavy atom. The van der Waals surface area contributed by atoms with Gasteiger partial charge >= 0.3 is 0 Å². The Balaban J connectivity index is 1.94. The molecule has 1 saturated heterocycles. The maximum Gasteiger partial charge on any atom is 0.103 e. The Labute approximate surface area is 122 Å². The minimum absolute atomic E-state index is 0.275. The first-order valence-corrected chi connectivity index (χ1v) is 7.75. The van der Waals surface area contributed by atoms with Gasteiger partial charge in [-0.05, 0) is 36.8 Å². The van der Waals surface area contributed by atoms with E-state index in [0.717, 1.165) is 37.0 Å². The lowest BCUT2D eigenvalue weighted by Gasteiger charge is -2.37. The van der Waals surface area contributed by atoms with Gasteiger partial charge in [-0.15, -0.1) is 0 Å². The van der Waals surface area contributed by atoms with Crippen molar-refractivity contribution in [3.63, 3.8) is 0 Å². The highest BCUT2D eigenvalue weighted by atomic mass is 16.3. The van der Waals surface area contributed by atoms with Crippen LogP contribution in [0.15, 0.2) is 30.3 Å². The summed E-state index contributed by atoms with van der Waals surface area (Å²) in [4.78, 5) is 2.47. The predicted octanol–water partition coefficient (Wildman–Crippen LogP) is 2.20. The molecule has 0 aliphatic carbocycles. The zero-order valence-corrected chi connectivity index (χ0v) is 12.8. The van der Waals surface area contributed by atoms with Crippen molar-refractivity contribution in [3.05, 3.63) is 35.9 Å². The van der Waals surface area contributed by atoms with Crippen molar-refractivity contribution in [1.82, 2.24) is 4.90 Å². The first-order valence-electron chi connectivity index (χ1n) is 7.75. The number of rotatable bonds is 5. The summed E-state index contributed by atoms with van der Waals surface area (Å²) in [6, 6.07) is 9.82. The molecule has 1 aliphatic rings. The van der Waals surface area contributed by atoms with Crippen molar-refractivity contribution in [2.24, 2.45) is 17.6 Å². The molecule has 1 fully saturated rings. The third-order valence-corrected chi connectivity index (χ3v) is 4.91. The second-order valence-corrected chi connectivity index (χ2v) is 6.40. The van der Waals surface area contributed by atoms with Crippen LogP contribution in [0.25, 0.3) is 0 Å². The Morgan fingerprint density at radius 3 is 2.55 bits per heavy atom. The molecule has 0 amide bonds. The number of piperidine rings is 1. The number of benzene rings is 1. The van der Waals surface area contributed by atoms with Crippen molar-refractivity contribution in [2.75, 3.05) is 26.2 Å². The molecule has 0 saturated carbocycles. The van der Waals surface area contributed by atoms with Crippen molar-refractivity contribution >= 4 is 0 Å². The molecule has 3 heteroatoms. The summed E-state index contributed by atoms with van der Waals surface area (Å²) < 4.78 is 0. The van der Waals surface area contributed by atoms with Crippen LogP contribution in [0.2, 0.25) is 0 Å². The first kappa shape index (κ1) is 15.5. The van der Waals surface area contributed by atoms with Crippen LogP contribution in [0, 0.1) is 11.8 Å². The highest BCUT2D eigenvalue weighted by Gasteiger charge is 2.29. The van der Waals surface area contributed by atoms with E-state index in [1.165, 1.54) is 6.42 Å². The van der Waals surface area contributed by atoms with Crippen LogP contribution >= 0.6 is 0 Å². The maximum atomic E-state index is 10.8. The van der Waals surface area contributed by atoms with E-state index in [1.807, 2.05) is 30.3 Å². The fourth-order valence-corrected chi connectivity index (χ4v) is 3.01. The highest BCUT2D eigenvalue weighted by Crippen LogP contribution is 2.27. The Kier molecular flexibility index (Phi) is 5.19. The Morgan fingerprint density at radius 2 is 1.95 bits per heavy atom. The van der Waals surface area contributed by atoms with E-state index in [0.29, 0.717) is 6.42 Å². The van der Waals surface area contributed by atoms with Gasteiger partial charge in [-0.2, -0.15) is 0 Å². The van der Waals surface area contributed by atoms with E-state index in [9.17, 15) is 5.11 Å². The number of hydrogen-bond acceptors (Lipinski definition) is 3. The average molecular weight is 276 g/mol. The molecule has 0 aromatic heterocycles. The van der Waals surface area contributed by atoms with Crippen LogP contribution in [-0.2, 0) is 5.60 Å². The second kappa shape index (κ2) is 6.70. The van der Waals surface area contributed by atoms with Crippen molar-refractivity contribution in [3.8, 4) is 0 Å². The van der Waals surface area contributed by atoms with Crippen LogP contribution in [0.3, 0.4) is 0 Å². The Hall–Kier alpha value is -0.900. The second-order valence-electron chi connectivity index (χ2n) is 6.40. The molecule has 3 atom stereocenters. The van der Waals surface area contributed by atoms with Crippen LogP contribution in [0.4, 0.5) is 0 Å². The third kappa shape index (κ3) is 3.60. The third-order valence-electron chi connectivity index (χ3n) is 4.91. The van der Waals surface area contributed by atoms with Gasteiger partial charge in [0.15, 0.2) is 0 Å². The minimum Gasteiger partial charge on any atom is -0.384 e. The molecule has 1 aromatic rings. The molecule has 1 aliphatic heterocycles. The molecule has 3 unspecified atom stereocenters. The molecule has 20 heavy (non-hydrogen) atoms. The van der Waals surface area contributed by atoms with Gasteiger partial charge in [0, 0.05) is 19.6 Å². The summed E-state index contributed by atoms with van der Waals surface area (Å²) in [5, 5.41) is 10.8. The molecule has 1 aromatic carbocycles. The number of aliphatic hydroxyl groups is 1. The molecule has 2 rings (SSSR count). The first-order chi connectivity index (χ1) is 9.55. The van der Waals surface area contributed by atoms with Gasteiger partial charge in [0.1, 0.15) is 5.60 Å². The van der Waals surface area contributed by atoms with Crippen molar-refractivity contribution < 1.29 is 5.11 Å².